The number of nitrogens with one attached hydrogen (secondary N) is 2. The molecule has 0 spiro atoms. The molecule has 1 aliphatic rings. The van der Waals surface area contributed by atoms with Crippen LogP contribution in [0.3, 0.4) is 0 Å². The smallest absolute Gasteiger partial charge is 0.215 e. The number of benzene rings is 1. The van der Waals surface area contributed by atoms with E-state index in [4.69, 9.17) is 0 Å². The molecule has 0 atom stereocenters. The van der Waals surface area contributed by atoms with E-state index in [9.17, 15) is 8.42 Å². The fourth-order valence-corrected chi connectivity index (χ4v) is 3.41. The highest BCUT2D eigenvalue weighted by molar-refractivity contribution is 7.88. The summed E-state index contributed by atoms with van der Waals surface area (Å²) in [7, 11) is -3.23. The summed E-state index contributed by atoms with van der Waals surface area (Å²) >= 11 is 0. The predicted octanol–water partition coefficient (Wildman–Crippen LogP) is 2.41. The Morgan fingerprint density at radius 2 is 1.76 bits per heavy atom. The van der Waals surface area contributed by atoms with Gasteiger partial charge in [0.25, 0.3) is 0 Å². The van der Waals surface area contributed by atoms with Crippen LogP contribution < -0.4 is 10.0 Å². The molecule has 0 amide bonds. The fourth-order valence-electron chi connectivity index (χ4n) is 2.11. The summed E-state index contributed by atoms with van der Waals surface area (Å²) in [4.78, 5) is 0. The molecule has 0 aromatic heterocycles. The number of rotatable bonds is 9. The molecule has 0 aliphatic heterocycles. The standard InChI is InChI=1S/C16H26N2O2S/c1-3-10-17-11-14-4-6-15(7-5-14)12-21(19,20)18-13-16(2)8-9-16/h4-7,17-18H,3,8-13H2,1-2H3. The molecule has 0 saturated heterocycles. The minimum Gasteiger partial charge on any atom is -0.313 e. The zero-order valence-corrected chi connectivity index (χ0v) is 13.8. The average Bonchev–Trinajstić information content (AvgIpc) is 3.18. The highest BCUT2D eigenvalue weighted by atomic mass is 32.2. The number of hydrogen-bond acceptors (Lipinski definition) is 3. The van der Waals surface area contributed by atoms with Crippen LogP contribution in [0.5, 0.6) is 0 Å². The van der Waals surface area contributed by atoms with Crippen LogP contribution in [0.25, 0.3) is 0 Å². The summed E-state index contributed by atoms with van der Waals surface area (Å²) in [5.74, 6) is 0.0613. The molecular formula is C16H26N2O2S. The van der Waals surface area contributed by atoms with Crippen molar-refractivity contribution in [2.75, 3.05) is 13.1 Å². The van der Waals surface area contributed by atoms with E-state index in [1.165, 1.54) is 5.56 Å². The van der Waals surface area contributed by atoms with Gasteiger partial charge in [-0.25, -0.2) is 13.1 Å². The lowest BCUT2D eigenvalue weighted by Gasteiger charge is -2.11. The third kappa shape index (κ3) is 5.77. The van der Waals surface area contributed by atoms with Gasteiger partial charge in [-0.1, -0.05) is 38.1 Å². The van der Waals surface area contributed by atoms with Gasteiger partial charge in [-0.05, 0) is 42.3 Å². The summed E-state index contributed by atoms with van der Waals surface area (Å²) in [5, 5.41) is 3.33. The van der Waals surface area contributed by atoms with E-state index in [1.807, 2.05) is 24.3 Å². The predicted molar refractivity (Wildman–Crippen MR) is 86.4 cm³/mol. The minimum atomic E-state index is -3.23. The van der Waals surface area contributed by atoms with Crippen molar-refractivity contribution < 1.29 is 8.42 Å². The molecule has 2 N–H and O–H groups in total. The molecule has 0 bridgehead atoms. The van der Waals surface area contributed by atoms with Gasteiger partial charge in [0.15, 0.2) is 0 Å². The van der Waals surface area contributed by atoms with Crippen LogP contribution in [0.15, 0.2) is 24.3 Å². The first-order valence-corrected chi connectivity index (χ1v) is 9.34. The Morgan fingerprint density at radius 1 is 1.14 bits per heavy atom. The van der Waals surface area contributed by atoms with E-state index in [1.54, 1.807) is 0 Å². The van der Waals surface area contributed by atoms with Gasteiger partial charge < -0.3 is 5.32 Å². The maximum atomic E-state index is 12.0. The van der Waals surface area contributed by atoms with Crippen LogP contribution in [-0.2, 0) is 22.3 Å². The zero-order valence-electron chi connectivity index (χ0n) is 13.0. The molecule has 1 aliphatic carbocycles. The first kappa shape index (κ1) is 16.5. The molecule has 0 radical (unpaired) electrons. The first-order valence-electron chi connectivity index (χ1n) is 7.68. The Labute approximate surface area is 128 Å². The maximum absolute atomic E-state index is 12.0. The van der Waals surface area contributed by atoms with Gasteiger partial charge in [0.05, 0.1) is 5.75 Å². The Balaban J connectivity index is 1.83. The number of hydrogen-bond donors (Lipinski definition) is 2. The molecule has 1 saturated carbocycles. The van der Waals surface area contributed by atoms with Crippen LogP contribution in [-0.4, -0.2) is 21.5 Å². The van der Waals surface area contributed by atoms with Gasteiger partial charge in [-0.2, -0.15) is 0 Å². The third-order valence-electron chi connectivity index (χ3n) is 3.96. The molecule has 118 valence electrons. The second-order valence-corrected chi connectivity index (χ2v) is 8.19. The Hall–Kier alpha value is -0.910. The maximum Gasteiger partial charge on any atom is 0.215 e. The van der Waals surface area contributed by atoms with Crippen molar-refractivity contribution in [1.29, 1.82) is 0 Å². The van der Waals surface area contributed by atoms with E-state index in [2.05, 4.69) is 23.9 Å². The van der Waals surface area contributed by atoms with Crippen molar-refractivity contribution in [3.63, 3.8) is 0 Å². The summed E-state index contributed by atoms with van der Waals surface area (Å²) in [6.07, 6.45) is 3.35. The number of sulfonamides is 1. The summed E-state index contributed by atoms with van der Waals surface area (Å²) in [6.45, 7) is 6.65. The van der Waals surface area contributed by atoms with Crippen LogP contribution >= 0.6 is 0 Å². The van der Waals surface area contributed by atoms with E-state index in [0.29, 0.717) is 6.54 Å². The van der Waals surface area contributed by atoms with Crippen LogP contribution in [0.4, 0.5) is 0 Å². The lowest BCUT2D eigenvalue weighted by Crippen LogP contribution is -2.30. The second kappa shape index (κ2) is 6.90. The SMILES string of the molecule is CCCNCc1ccc(CS(=O)(=O)NCC2(C)CC2)cc1. The fraction of sp³-hybridized carbons (Fsp3) is 0.625. The van der Waals surface area contributed by atoms with Gasteiger partial charge in [0, 0.05) is 13.1 Å². The first-order chi connectivity index (χ1) is 9.92. The third-order valence-corrected chi connectivity index (χ3v) is 5.26. The highest BCUT2D eigenvalue weighted by Gasteiger charge is 2.37. The van der Waals surface area contributed by atoms with Crippen molar-refractivity contribution in [3.05, 3.63) is 35.4 Å². The topological polar surface area (TPSA) is 58.2 Å². The molecule has 1 aromatic rings. The molecule has 1 aromatic carbocycles. The molecule has 0 unspecified atom stereocenters. The lowest BCUT2D eigenvalue weighted by atomic mass is 10.1. The van der Waals surface area contributed by atoms with Crippen molar-refractivity contribution in [3.8, 4) is 0 Å². The lowest BCUT2D eigenvalue weighted by molar-refractivity contribution is 0.530. The van der Waals surface area contributed by atoms with E-state index < -0.39 is 10.0 Å². The van der Waals surface area contributed by atoms with Crippen molar-refractivity contribution >= 4 is 10.0 Å². The van der Waals surface area contributed by atoms with Crippen LogP contribution in [0, 0.1) is 5.41 Å². The Morgan fingerprint density at radius 3 is 2.33 bits per heavy atom. The largest absolute Gasteiger partial charge is 0.313 e. The Bertz CT molecular complexity index is 548. The van der Waals surface area contributed by atoms with Crippen LogP contribution in [0.2, 0.25) is 0 Å². The molecule has 0 heterocycles. The van der Waals surface area contributed by atoms with Gasteiger partial charge in [-0.3, -0.25) is 0 Å². The average molecular weight is 310 g/mol. The van der Waals surface area contributed by atoms with Gasteiger partial charge in [0.2, 0.25) is 10.0 Å². The molecular weight excluding hydrogens is 284 g/mol. The van der Waals surface area contributed by atoms with Crippen molar-refractivity contribution in [2.45, 2.75) is 45.4 Å². The van der Waals surface area contributed by atoms with E-state index >= 15 is 0 Å². The normalized spacial score (nSPS) is 16.9. The van der Waals surface area contributed by atoms with Crippen molar-refractivity contribution in [2.24, 2.45) is 5.41 Å². The summed E-state index contributed by atoms with van der Waals surface area (Å²) < 4.78 is 26.8. The van der Waals surface area contributed by atoms with Gasteiger partial charge in [-0.15, -0.1) is 0 Å². The molecule has 5 heteroatoms. The zero-order chi connectivity index (χ0) is 15.3. The molecule has 4 nitrogen and oxygen atoms in total. The van der Waals surface area contributed by atoms with Gasteiger partial charge >= 0.3 is 0 Å². The quantitative estimate of drug-likeness (QED) is 0.689. The minimum absolute atomic E-state index is 0.0613. The van der Waals surface area contributed by atoms with Gasteiger partial charge in [0.1, 0.15) is 0 Å². The Kier molecular flexibility index (Phi) is 5.41. The highest BCUT2D eigenvalue weighted by Crippen LogP contribution is 2.44. The van der Waals surface area contributed by atoms with Crippen LogP contribution in [0.1, 0.15) is 44.2 Å². The molecule has 2 rings (SSSR count). The molecule has 1 fully saturated rings. The van der Waals surface area contributed by atoms with Crippen molar-refractivity contribution in [1.82, 2.24) is 10.0 Å². The monoisotopic (exact) mass is 310 g/mol. The second-order valence-electron chi connectivity index (χ2n) is 6.38. The van der Waals surface area contributed by atoms with E-state index in [0.717, 1.165) is 37.9 Å². The summed E-state index contributed by atoms with van der Waals surface area (Å²) in [6, 6.07) is 7.80. The summed E-state index contributed by atoms with van der Waals surface area (Å²) in [5.41, 5.74) is 2.22. The molecule has 21 heavy (non-hydrogen) atoms. The van der Waals surface area contributed by atoms with E-state index in [-0.39, 0.29) is 11.2 Å².